The van der Waals surface area contributed by atoms with E-state index in [1.165, 1.54) is 25.3 Å². The zero-order valence-electron chi connectivity index (χ0n) is 10.5. The van der Waals surface area contributed by atoms with E-state index in [1.807, 2.05) is 0 Å². The van der Waals surface area contributed by atoms with Crippen molar-refractivity contribution < 1.29 is 4.39 Å². The predicted molar refractivity (Wildman–Crippen MR) is 73.4 cm³/mol. The third-order valence-electron chi connectivity index (χ3n) is 3.47. The molecule has 1 heterocycles. The van der Waals surface area contributed by atoms with Gasteiger partial charge in [-0.05, 0) is 44.5 Å². The van der Waals surface area contributed by atoms with Gasteiger partial charge in [-0.25, -0.2) is 4.39 Å². The number of nitrogens with zero attached hydrogens (tertiary/aromatic N) is 1. The van der Waals surface area contributed by atoms with Gasteiger partial charge in [-0.3, -0.25) is 0 Å². The molecular weight excluding hydrogens is 251 g/mol. The summed E-state index contributed by atoms with van der Waals surface area (Å²) < 4.78 is 13.6. The van der Waals surface area contributed by atoms with Crippen LogP contribution in [0.3, 0.4) is 0 Å². The summed E-state index contributed by atoms with van der Waals surface area (Å²) in [6, 6.07) is 4.72. The molecule has 1 aliphatic rings. The number of likely N-dealkylation sites (tertiary alicyclic amines) is 1. The highest BCUT2D eigenvalue weighted by atomic mass is 35.5. The fraction of sp³-hybridized carbons (Fsp3) is 0.571. The molecule has 18 heavy (non-hydrogen) atoms. The molecule has 100 valence electrons. The molecule has 1 atom stereocenters. The van der Waals surface area contributed by atoms with Crippen LogP contribution < -0.4 is 5.73 Å². The smallest absolute Gasteiger partial charge is 0.127 e. The van der Waals surface area contributed by atoms with Crippen molar-refractivity contribution in [3.05, 3.63) is 34.6 Å². The summed E-state index contributed by atoms with van der Waals surface area (Å²) in [4.78, 5) is 2.36. The van der Waals surface area contributed by atoms with Gasteiger partial charge in [0.2, 0.25) is 0 Å². The third kappa shape index (κ3) is 3.67. The lowest BCUT2D eigenvalue weighted by Gasteiger charge is -2.29. The molecule has 2 rings (SSSR count). The van der Waals surface area contributed by atoms with E-state index in [2.05, 4.69) is 4.90 Å². The summed E-state index contributed by atoms with van der Waals surface area (Å²) in [5.74, 6) is -0.253. The zero-order chi connectivity index (χ0) is 13.0. The fourth-order valence-corrected chi connectivity index (χ4v) is 2.77. The molecular formula is C14H20ClFN2. The summed E-state index contributed by atoms with van der Waals surface area (Å²) in [6.07, 6.45) is 4.30. The van der Waals surface area contributed by atoms with E-state index in [9.17, 15) is 4.39 Å². The molecule has 1 aromatic carbocycles. The summed E-state index contributed by atoms with van der Waals surface area (Å²) in [5.41, 5.74) is 6.65. The first-order valence-electron chi connectivity index (χ1n) is 6.57. The largest absolute Gasteiger partial charge is 0.326 e. The van der Waals surface area contributed by atoms with Crippen LogP contribution in [0.2, 0.25) is 5.02 Å². The Morgan fingerprint density at radius 3 is 2.67 bits per heavy atom. The number of hydrogen-bond acceptors (Lipinski definition) is 2. The normalized spacial score (nSPS) is 18.8. The first-order valence-corrected chi connectivity index (χ1v) is 6.95. The van der Waals surface area contributed by atoms with Gasteiger partial charge in [0.1, 0.15) is 5.82 Å². The summed E-state index contributed by atoms with van der Waals surface area (Å²) in [7, 11) is 0. The highest BCUT2D eigenvalue weighted by Gasteiger charge is 2.16. The minimum absolute atomic E-state index is 0.0579. The first-order chi connectivity index (χ1) is 8.66. The molecule has 1 aromatic rings. The molecule has 0 aromatic heterocycles. The summed E-state index contributed by atoms with van der Waals surface area (Å²) in [5, 5.41) is 0.476. The van der Waals surface area contributed by atoms with Gasteiger partial charge in [-0.2, -0.15) is 0 Å². The number of piperidine rings is 1. The molecule has 0 amide bonds. The second-order valence-corrected chi connectivity index (χ2v) is 5.43. The van der Waals surface area contributed by atoms with Crippen molar-refractivity contribution >= 4 is 11.6 Å². The fourth-order valence-electron chi connectivity index (χ4n) is 2.53. The molecule has 0 aliphatic carbocycles. The lowest BCUT2D eigenvalue weighted by atomic mass is 10.0. The van der Waals surface area contributed by atoms with Gasteiger partial charge in [0, 0.05) is 23.2 Å². The van der Waals surface area contributed by atoms with E-state index in [1.54, 1.807) is 12.1 Å². The first kappa shape index (κ1) is 13.8. The Bertz CT molecular complexity index is 371. The Balaban J connectivity index is 1.92. The molecule has 0 spiro atoms. The quantitative estimate of drug-likeness (QED) is 0.912. The van der Waals surface area contributed by atoms with Crippen LogP contribution in [0, 0.1) is 5.82 Å². The highest BCUT2D eigenvalue weighted by molar-refractivity contribution is 6.31. The van der Waals surface area contributed by atoms with E-state index in [0.717, 1.165) is 19.6 Å². The van der Waals surface area contributed by atoms with Crippen LogP contribution in [0.4, 0.5) is 4.39 Å². The van der Waals surface area contributed by atoms with Crippen molar-refractivity contribution in [1.29, 1.82) is 0 Å². The van der Waals surface area contributed by atoms with Gasteiger partial charge in [-0.15, -0.1) is 0 Å². The van der Waals surface area contributed by atoms with Gasteiger partial charge >= 0.3 is 0 Å². The van der Waals surface area contributed by atoms with Crippen LogP contribution in [-0.4, -0.2) is 30.6 Å². The molecule has 1 unspecified atom stereocenters. The Hall–Kier alpha value is -0.640. The maximum Gasteiger partial charge on any atom is 0.127 e. The molecule has 0 bridgehead atoms. The topological polar surface area (TPSA) is 29.3 Å². The number of rotatable bonds is 4. The van der Waals surface area contributed by atoms with Gasteiger partial charge in [0.25, 0.3) is 0 Å². The molecule has 0 saturated carbocycles. The van der Waals surface area contributed by atoms with Crippen molar-refractivity contribution in [2.75, 3.05) is 19.6 Å². The second-order valence-electron chi connectivity index (χ2n) is 5.03. The molecule has 2 N–H and O–H groups in total. The number of halogens is 2. The zero-order valence-corrected chi connectivity index (χ0v) is 11.3. The number of benzene rings is 1. The van der Waals surface area contributed by atoms with Crippen molar-refractivity contribution in [3.63, 3.8) is 0 Å². The molecule has 0 radical (unpaired) electrons. The number of nitrogens with two attached hydrogens (primary N) is 1. The Morgan fingerprint density at radius 1 is 1.28 bits per heavy atom. The van der Waals surface area contributed by atoms with Crippen LogP contribution in [0.5, 0.6) is 0 Å². The SMILES string of the molecule is NC(Cc1c(F)cccc1Cl)CN1CCCCC1. The predicted octanol–water partition coefficient (Wildman–Crippen LogP) is 2.83. The van der Waals surface area contributed by atoms with Crippen molar-refractivity contribution in [2.45, 2.75) is 31.7 Å². The number of hydrogen-bond donors (Lipinski definition) is 1. The van der Waals surface area contributed by atoms with E-state index < -0.39 is 0 Å². The second kappa shape index (κ2) is 6.50. The average Bonchev–Trinajstić information content (AvgIpc) is 2.35. The molecule has 2 nitrogen and oxygen atoms in total. The van der Waals surface area contributed by atoms with Gasteiger partial charge < -0.3 is 10.6 Å². The minimum Gasteiger partial charge on any atom is -0.326 e. The van der Waals surface area contributed by atoms with Crippen LogP contribution in [-0.2, 0) is 6.42 Å². The highest BCUT2D eigenvalue weighted by Crippen LogP contribution is 2.20. The van der Waals surface area contributed by atoms with Crippen LogP contribution in [0.15, 0.2) is 18.2 Å². The molecule has 1 fully saturated rings. The maximum atomic E-state index is 13.6. The molecule has 1 aliphatic heterocycles. The monoisotopic (exact) mass is 270 g/mol. The standard InChI is InChI=1S/C14H20ClFN2/c15-13-5-4-6-14(16)12(13)9-11(17)10-18-7-2-1-3-8-18/h4-6,11H,1-3,7-10,17H2. The average molecular weight is 271 g/mol. The molecule has 1 saturated heterocycles. The summed E-state index contributed by atoms with van der Waals surface area (Å²) in [6.45, 7) is 3.04. The Labute approximate surface area is 113 Å². The van der Waals surface area contributed by atoms with Gasteiger partial charge in [0.15, 0.2) is 0 Å². The van der Waals surface area contributed by atoms with Crippen molar-refractivity contribution in [1.82, 2.24) is 4.90 Å². The minimum atomic E-state index is -0.253. The van der Waals surface area contributed by atoms with Crippen molar-refractivity contribution in [2.24, 2.45) is 5.73 Å². The van der Waals surface area contributed by atoms with Gasteiger partial charge in [-0.1, -0.05) is 24.1 Å². The lowest BCUT2D eigenvalue weighted by molar-refractivity contribution is 0.215. The third-order valence-corrected chi connectivity index (χ3v) is 3.82. The van der Waals surface area contributed by atoms with E-state index >= 15 is 0 Å². The van der Waals surface area contributed by atoms with E-state index in [0.29, 0.717) is 17.0 Å². The van der Waals surface area contributed by atoms with E-state index in [-0.39, 0.29) is 11.9 Å². The van der Waals surface area contributed by atoms with Crippen LogP contribution in [0.25, 0.3) is 0 Å². The maximum absolute atomic E-state index is 13.6. The van der Waals surface area contributed by atoms with E-state index in [4.69, 9.17) is 17.3 Å². The Kier molecular flexibility index (Phi) is 4.98. The van der Waals surface area contributed by atoms with Gasteiger partial charge in [0.05, 0.1) is 0 Å². The van der Waals surface area contributed by atoms with Crippen molar-refractivity contribution in [3.8, 4) is 0 Å². The Morgan fingerprint density at radius 2 is 2.00 bits per heavy atom. The van der Waals surface area contributed by atoms with Crippen LogP contribution >= 0.6 is 11.6 Å². The summed E-state index contributed by atoms with van der Waals surface area (Å²) >= 11 is 6.01. The lowest BCUT2D eigenvalue weighted by Crippen LogP contribution is -2.41. The molecule has 4 heteroatoms. The van der Waals surface area contributed by atoms with Crippen LogP contribution in [0.1, 0.15) is 24.8 Å².